The molecule has 0 aliphatic carbocycles. The molecule has 0 amide bonds. The second kappa shape index (κ2) is 4.75. The van der Waals surface area contributed by atoms with Crippen LogP contribution in [0.25, 0.3) is 0 Å². The van der Waals surface area contributed by atoms with Gasteiger partial charge in [-0.05, 0) is 23.1 Å². The van der Waals surface area contributed by atoms with Crippen molar-refractivity contribution in [2.75, 3.05) is 13.7 Å². The van der Waals surface area contributed by atoms with Crippen LogP contribution < -0.4 is 0 Å². The number of methoxy groups -OCH3 is 1. The van der Waals surface area contributed by atoms with Gasteiger partial charge in [-0.1, -0.05) is 32.9 Å². The molecule has 0 aliphatic heterocycles. The number of ether oxygens (including phenoxy) is 1. The summed E-state index contributed by atoms with van der Waals surface area (Å²) in [6, 6.07) is 6.68. The van der Waals surface area contributed by atoms with Gasteiger partial charge in [0, 0.05) is 13.0 Å². The highest BCUT2D eigenvalue weighted by molar-refractivity contribution is 5.22. The van der Waals surface area contributed by atoms with Crippen molar-refractivity contribution in [3.05, 3.63) is 35.6 Å². The molecule has 0 heterocycles. The monoisotopic (exact) mass is 210 g/mol. The van der Waals surface area contributed by atoms with Gasteiger partial charge in [-0.2, -0.15) is 0 Å². The van der Waals surface area contributed by atoms with E-state index in [4.69, 9.17) is 4.74 Å². The van der Waals surface area contributed by atoms with E-state index in [0.29, 0.717) is 12.5 Å². The molecule has 84 valence electrons. The Balaban J connectivity index is 2.94. The van der Waals surface area contributed by atoms with E-state index >= 15 is 0 Å². The molecule has 1 aromatic carbocycles. The molecule has 1 atom stereocenters. The summed E-state index contributed by atoms with van der Waals surface area (Å²) < 4.78 is 18.0. The van der Waals surface area contributed by atoms with E-state index in [2.05, 4.69) is 20.8 Å². The zero-order chi connectivity index (χ0) is 11.5. The van der Waals surface area contributed by atoms with Crippen molar-refractivity contribution in [2.45, 2.75) is 26.7 Å². The summed E-state index contributed by atoms with van der Waals surface area (Å²) in [6.07, 6.45) is 0. The van der Waals surface area contributed by atoms with Gasteiger partial charge in [0.05, 0.1) is 6.61 Å². The smallest absolute Gasteiger partial charge is 0.123 e. The number of rotatable bonds is 3. The SMILES string of the molecule is COCC(c1ccc(F)cc1)C(C)(C)C. The van der Waals surface area contributed by atoms with Crippen molar-refractivity contribution < 1.29 is 9.13 Å². The van der Waals surface area contributed by atoms with E-state index in [-0.39, 0.29) is 11.2 Å². The summed E-state index contributed by atoms with van der Waals surface area (Å²) in [6.45, 7) is 7.16. The molecule has 2 heteroatoms. The lowest BCUT2D eigenvalue weighted by molar-refractivity contribution is 0.132. The topological polar surface area (TPSA) is 9.23 Å². The standard InChI is InChI=1S/C13H19FO/c1-13(2,3)12(9-15-4)10-5-7-11(14)8-6-10/h5-8,12H,9H2,1-4H3. The molecule has 0 radical (unpaired) electrons. The Morgan fingerprint density at radius 2 is 1.73 bits per heavy atom. The van der Waals surface area contributed by atoms with Gasteiger partial charge in [-0.15, -0.1) is 0 Å². The fourth-order valence-electron chi connectivity index (χ4n) is 1.71. The van der Waals surface area contributed by atoms with Gasteiger partial charge in [-0.25, -0.2) is 4.39 Å². The molecule has 0 aliphatic rings. The largest absolute Gasteiger partial charge is 0.384 e. The molecular formula is C13H19FO. The minimum Gasteiger partial charge on any atom is -0.384 e. The second-order valence-corrected chi connectivity index (χ2v) is 4.93. The van der Waals surface area contributed by atoms with Crippen LogP contribution in [0.3, 0.4) is 0 Å². The van der Waals surface area contributed by atoms with Crippen LogP contribution >= 0.6 is 0 Å². The summed E-state index contributed by atoms with van der Waals surface area (Å²) in [5, 5.41) is 0. The van der Waals surface area contributed by atoms with Gasteiger partial charge in [-0.3, -0.25) is 0 Å². The lowest BCUT2D eigenvalue weighted by Gasteiger charge is -2.30. The maximum absolute atomic E-state index is 12.8. The van der Waals surface area contributed by atoms with E-state index in [1.54, 1.807) is 7.11 Å². The highest BCUT2D eigenvalue weighted by atomic mass is 19.1. The van der Waals surface area contributed by atoms with Gasteiger partial charge >= 0.3 is 0 Å². The second-order valence-electron chi connectivity index (χ2n) is 4.93. The molecule has 15 heavy (non-hydrogen) atoms. The fourth-order valence-corrected chi connectivity index (χ4v) is 1.71. The third kappa shape index (κ3) is 3.31. The Morgan fingerprint density at radius 3 is 2.13 bits per heavy atom. The Hall–Kier alpha value is -0.890. The number of benzene rings is 1. The lowest BCUT2D eigenvalue weighted by Crippen LogP contribution is -2.22. The Bertz CT molecular complexity index is 297. The molecule has 1 unspecified atom stereocenters. The van der Waals surface area contributed by atoms with Crippen LogP contribution in [0.5, 0.6) is 0 Å². The van der Waals surface area contributed by atoms with E-state index in [0.717, 1.165) is 5.56 Å². The van der Waals surface area contributed by atoms with E-state index in [1.165, 1.54) is 12.1 Å². The molecule has 1 rings (SSSR count). The number of halogens is 1. The zero-order valence-electron chi connectivity index (χ0n) is 9.88. The summed E-state index contributed by atoms with van der Waals surface area (Å²) in [5.41, 5.74) is 1.25. The summed E-state index contributed by atoms with van der Waals surface area (Å²) in [5.74, 6) is 0.104. The Kier molecular flexibility index (Phi) is 3.86. The third-order valence-electron chi connectivity index (χ3n) is 2.65. The van der Waals surface area contributed by atoms with E-state index in [9.17, 15) is 4.39 Å². The maximum atomic E-state index is 12.8. The number of hydrogen-bond donors (Lipinski definition) is 0. The number of hydrogen-bond acceptors (Lipinski definition) is 1. The van der Waals surface area contributed by atoms with Crippen LogP contribution in [0.1, 0.15) is 32.3 Å². The molecule has 1 aromatic rings. The predicted octanol–water partition coefficient (Wildman–Crippen LogP) is 3.60. The molecular weight excluding hydrogens is 191 g/mol. The average Bonchev–Trinajstić information content (AvgIpc) is 2.14. The van der Waals surface area contributed by atoms with Crippen molar-refractivity contribution in [3.63, 3.8) is 0 Å². The first-order valence-electron chi connectivity index (χ1n) is 5.19. The summed E-state index contributed by atoms with van der Waals surface area (Å²) in [4.78, 5) is 0. The zero-order valence-corrected chi connectivity index (χ0v) is 9.88. The van der Waals surface area contributed by atoms with Crippen LogP contribution in [0.15, 0.2) is 24.3 Å². The highest BCUT2D eigenvalue weighted by Gasteiger charge is 2.25. The van der Waals surface area contributed by atoms with Crippen molar-refractivity contribution in [3.8, 4) is 0 Å². The minimum absolute atomic E-state index is 0.119. The van der Waals surface area contributed by atoms with Crippen LogP contribution in [0.2, 0.25) is 0 Å². The molecule has 0 saturated heterocycles. The molecule has 0 aromatic heterocycles. The van der Waals surface area contributed by atoms with Crippen LogP contribution in [-0.4, -0.2) is 13.7 Å². The van der Waals surface area contributed by atoms with Crippen molar-refractivity contribution in [2.24, 2.45) is 5.41 Å². The van der Waals surface area contributed by atoms with Crippen LogP contribution in [0.4, 0.5) is 4.39 Å². The van der Waals surface area contributed by atoms with Crippen molar-refractivity contribution in [1.29, 1.82) is 0 Å². The maximum Gasteiger partial charge on any atom is 0.123 e. The van der Waals surface area contributed by atoms with E-state index in [1.807, 2.05) is 12.1 Å². The highest BCUT2D eigenvalue weighted by Crippen LogP contribution is 2.35. The van der Waals surface area contributed by atoms with Gasteiger partial charge in [0.25, 0.3) is 0 Å². The van der Waals surface area contributed by atoms with Crippen LogP contribution in [-0.2, 0) is 4.74 Å². The normalized spacial score (nSPS) is 13.9. The third-order valence-corrected chi connectivity index (χ3v) is 2.65. The van der Waals surface area contributed by atoms with Crippen molar-refractivity contribution >= 4 is 0 Å². The summed E-state index contributed by atoms with van der Waals surface area (Å²) in [7, 11) is 1.70. The van der Waals surface area contributed by atoms with Gasteiger partial charge < -0.3 is 4.74 Å². The molecule has 0 N–H and O–H groups in total. The summed E-state index contributed by atoms with van der Waals surface area (Å²) >= 11 is 0. The minimum atomic E-state index is -0.191. The molecule has 0 spiro atoms. The van der Waals surface area contributed by atoms with Crippen LogP contribution in [0, 0.1) is 11.2 Å². The quantitative estimate of drug-likeness (QED) is 0.740. The Labute approximate surface area is 91.3 Å². The molecule has 0 bridgehead atoms. The first-order valence-corrected chi connectivity index (χ1v) is 5.19. The predicted molar refractivity (Wildman–Crippen MR) is 60.5 cm³/mol. The fraction of sp³-hybridized carbons (Fsp3) is 0.538. The van der Waals surface area contributed by atoms with E-state index < -0.39 is 0 Å². The van der Waals surface area contributed by atoms with Gasteiger partial charge in [0.1, 0.15) is 5.82 Å². The van der Waals surface area contributed by atoms with Gasteiger partial charge in [0.2, 0.25) is 0 Å². The van der Waals surface area contributed by atoms with Gasteiger partial charge in [0.15, 0.2) is 0 Å². The van der Waals surface area contributed by atoms with Crippen molar-refractivity contribution in [1.82, 2.24) is 0 Å². The molecule has 1 nitrogen and oxygen atoms in total. The Morgan fingerprint density at radius 1 is 1.20 bits per heavy atom. The molecule has 0 fully saturated rings. The molecule has 0 saturated carbocycles. The average molecular weight is 210 g/mol. The lowest BCUT2D eigenvalue weighted by atomic mass is 9.77. The first kappa shape index (κ1) is 12.2. The first-order chi connectivity index (χ1) is 6.95.